The lowest BCUT2D eigenvalue weighted by atomic mass is 9.96. The number of likely N-dealkylation sites (tertiary alicyclic amines) is 1. The summed E-state index contributed by atoms with van der Waals surface area (Å²) in [4.78, 5) is 5.20. The lowest BCUT2D eigenvalue weighted by Crippen LogP contribution is -2.49. The van der Waals surface area contributed by atoms with Crippen LogP contribution in [0.25, 0.3) is 0 Å². The minimum atomic E-state index is 0.669. The maximum atomic E-state index is 3.55. The molecule has 0 aromatic rings. The molecule has 0 saturated carbocycles. The summed E-state index contributed by atoms with van der Waals surface area (Å²) in [5.74, 6) is 0.723. The summed E-state index contributed by atoms with van der Waals surface area (Å²) in [6, 6.07) is 1.45. The zero-order valence-electron chi connectivity index (χ0n) is 13.8. The average Bonchev–Trinajstić information content (AvgIpc) is 2.46. The van der Waals surface area contributed by atoms with Gasteiger partial charge in [-0.05, 0) is 71.9 Å². The Balaban J connectivity index is 2.33. The van der Waals surface area contributed by atoms with E-state index in [9.17, 15) is 0 Å². The van der Waals surface area contributed by atoms with Crippen LogP contribution < -0.4 is 5.32 Å². The molecule has 114 valence electrons. The number of hydrogen-bond acceptors (Lipinski definition) is 3. The van der Waals surface area contributed by atoms with Crippen LogP contribution in [0, 0.1) is 5.92 Å². The third-order valence-electron chi connectivity index (χ3n) is 4.94. The summed E-state index contributed by atoms with van der Waals surface area (Å²) in [5.41, 5.74) is 0. The van der Waals surface area contributed by atoms with E-state index >= 15 is 0 Å². The van der Waals surface area contributed by atoms with Crippen LogP contribution in [0.4, 0.5) is 0 Å². The van der Waals surface area contributed by atoms with Crippen molar-refractivity contribution in [3.8, 4) is 0 Å². The Kier molecular flexibility index (Phi) is 7.96. The number of hydrogen-bond donors (Lipinski definition) is 1. The first-order chi connectivity index (χ1) is 9.10. The van der Waals surface area contributed by atoms with Gasteiger partial charge in [-0.3, -0.25) is 0 Å². The topological polar surface area (TPSA) is 18.5 Å². The normalized spacial score (nSPS) is 21.8. The number of piperidine rings is 1. The van der Waals surface area contributed by atoms with Gasteiger partial charge >= 0.3 is 0 Å². The van der Waals surface area contributed by atoms with Gasteiger partial charge in [0, 0.05) is 12.1 Å². The zero-order chi connectivity index (χ0) is 14.3. The van der Waals surface area contributed by atoms with Gasteiger partial charge in [0.2, 0.25) is 0 Å². The van der Waals surface area contributed by atoms with Crippen molar-refractivity contribution in [2.75, 3.05) is 39.8 Å². The van der Waals surface area contributed by atoms with E-state index in [-0.39, 0.29) is 0 Å². The van der Waals surface area contributed by atoms with Crippen molar-refractivity contribution in [3.05, 3.63) is 0 Å². The van der Waals surface area contributed by atoms with Gasteiger partial charge in [0.25, 0.3) is 0 Å². The van der Waals surface area contributed by atoms with Crippen LogP contribution in [0.2, 0.25) is 0 Å². The van der Waals surface area contributed by atoms with E-state index in [0.29, 0.717) is 6.04 Å². The quantitative estimate of drug-likeness (QED) is 0.683. The Morgan fingerprint density at radius 3 is 2.37 bits per heavy atom. The van der Waals surface area contributed by atoms with E-state index < -0.39 is 0 Å². The van der Waals surface area contributed by atoms with Crippen molar-refractivity contribution in [1.29, 1.82) is 0 Å². The standard InChI is InChI=1S/C16H35N3/c1-6-10-17-13-14(3)15(4)18(5)16-8-11-19(7-2)12-9-16/h14-17H,6-13H2,1-5H3. The second-order valence-electron chi connectivity index (χ2n) is 6.25. The first-order valence-corrected chi connectivity index (χ1v) is 8.25. The van der Waals surface area contributed by atoms with Gasteiger partial charge in [-0.15, -0.1) is 0 Å². The van der Waals surface area contributed by atoms with E-state index in [0.717, 1.165) is 25.0 Å². The molecule has 0 spiro atoms. The lowest BCUT2D eigenvalue weighted by Gasteiger charge is -2.41. The maximum Gasteiger partial charge on any atom is 0.0119 e. The molecule has 0 aromatic carbocycles. The summed E-state index contributed by atoms with van der Waals surface area (Å²) in [5, 5.41) is 3.55. The van der Waals surface area contributed by atoms with Gasteiger partial charge in [-0.2, -0.15) is 0 Å². The van der Waals surface area contributed by atoms with Crippen molar-refractivity contribution in [3.63, 3.8) is 0 Å². The van der Waals surface area contributed by atoms with Gasteiger partial charge in [-0.25, -0.2) is 0 Å². The molecule has 0 amide bonds. The van der Waals surface area contributed by atoms with Crippen LogP contribution in [0.5, 0.6) is 0 Å². The van der Waals surface area contributed by atoms with Crippen molar-refractivity contribution in [1.82, 2.24) is 15.1 Å². The minimum Gasteiger partial charge on any atom is -0.316 e. The van der Waals surface area contributed by atoms with Crippen molar-refractivity contribution < 1.29 is 0 Å². The molecule has 0 aliphatic carbocycles. The Morgan fingerprint density at radius 2 is 1.84 bits per heavy atom. The van der Waals surface area contributed by atoms with Crippen molar-refractivity contribution >= 4 is 0 Å². The molecule has 1 fully saturated rings. The van der Waals surface area contributed by atoms with Gasteiger partial charge in [0.05, 0.1) is 0 Å². The van der Waals surface area contributed by atoms with Crippen LogP contribution >= 0.6 is 0 Å². The highest BCUT2D eigenvalue weighted by Crippen LogP contribution is 2.20. The van der Waals surface area contributed by atoms with Crippen LogP contribution in [-0.2, 0) is 0 Å². The highest BCUT2D eigenvalue weighted by Gasteiger charge is 2.26. The van der Waals surface area contributed by atoms with Gasteiger partial charge in [0.15, 0.2) is 0 Å². The summed E-state index contributed by atoms with van der Waals surface area (Å²) in [6.07, 6.45) is 3.90. The molecule has 0 bridgehead atoms. The first kappa shape index (κ1) is 16.9. The van der Waals surface area contributed by atoms with Crippen molar-refractivity contribution in [2.45, 2.75) is 59.0 Å². The third-order valence-corrected chi connectivity index (χ3v) is 4.94. The summed E-state index contributed by atoms with van der Waals surface area (Å²) in [7, 11) is 2.33. The summed E-state index contributed by atoms with van der Waals surface area (Å²) in [6.45, 7) is 15.3. The molecule has 1 N–H and O–H groups in total. The third kappa shape index (κ3) is 5.41. The van der Waals surface area contributed by atoms with E-state index in [4.69, 9.17) is 0 Å². The van der Waals surface area contributed by atoms with Gasteiger partial charge in [-0.1, -0.05) is 20.8 Å². The summed E-state index contributed by atoms with van der Waals surface area (Å²) < 4.78 is 0. The zero-order valence-corrected chi connectivity index (χ0v) is 13.8. The molecule has 2 atom stereocenters. The fourth-order valence-corrected chi connectivity index (χ4v) is 3.05. The Morgan fingerprint density at radius 1 is 1.21 bits per heavy atom. The Hall–Kier alpha value is -0.120. The molecular formula is C16H35N3. The lowest BCUT2D eigenvalue weighted by molar-refractivity contribution is 0.0834. The van der Waals surface area contributed by atoms with Crippen LogP contribution in [0.15, 0.2) is 0 Å². The predicted molar refractivity (Wildman–Crippen MR) is 84.7 cm³/mol. The minimum absolute atomic E-state index is 0.669. The smallest absolute Gasteiger partial charge is 0.0119 e. The number of nitrogens with one attached hydrogen (secondary N) is 1. The van der Waals surface area contributed by atoms with Gasteiger partial charge < -0.3 is 15.1 Å². The molecule has 2 unspecified atom stereocenters. The molecule has 3 nitrogen and oxygen atoms in total. The largest absolute Gasteiger partial charge is 0.316 e. The Bertz CT molecular complexity index is 224. The average molecular weight is 269 g/mol. The van der Waals surface area contributed by atoms with Crippen LogP contribution in [-0.4, -0.2) is 61.7 Å². The molecule has 19 heavy (non-hydrogen) atoms. The monoisotopic (exact) mass is 269 g/mol. The molecule has 0 radical (unpaired) electrons. The predicted octanol–water partition coefficient (Wildman–Crippen LogP) is 2.43. The molecule has 3 heteroatoms. The van der Waals surface area contributed by atoms with E-state index in [1.54, 1.807) is 0 Å². The SMILES string of the molecule is CCCNCC(C)C(C)N(C)C1CCN(CC)CC1. The molecule has 1 saturated heterocycles. The molecule has 1 heterocycles. The molecule has 1 rings (SSSR count). The highest BCUT2D eigenvalue weighted by molar-refractivity contribution is 4.82. The maximum absolute atomic E-state index is 3.55. The van der Waals surface area contributed by atoms with E-state index in [1.165, 1.54) is 38.9 Å². The second-order valence-corrected chi connectivity index (χ2v) is 6.25. The van der Waals surface area contributed by atoms with Gasteiger partial charge in [0.1, 0.15) is 0 Å². The number of rotatable bonds is 8. The van der Waals surface area contributed by atoms with Crippen LogP contribution in [0.1, 0.15) is 47.0 Å². The van der Waals surface area contributed by atoms with E-state index in [2.05, 4.69) is 49.9 Å². The fourth-order valence-electron chi connectivity index (χ4n) is 3.05. The first-order valence-electron chi connectivity index (χ1n) is 8.25. The fraction of sp³-hybridized carbons (Fsp3) is 1.00. The molecule has 1 aliphatic rings. The second kappa shape index (κ2) is 8.93. The molecular weight excluding hydrogens is 234 g/mol. The van der Waals surface area contributed by atoms with E-state index in [1.807, 2.05) is 0 Å². The van der Waals surface area contributed by atoms with Crippen LogP contribution in [0.3, 0.4) is 0 Å². The highest BCUT2D eigenvalue weighted by atomic mass is 15.2. The van der Waals surface area contributed by atoms with Crippen molar-refractivity contribution in [2.24, 2.45) is 5.92 Å². The molecule has 0 aromatic heterocycles. The molecule has 1 aliphatic heterocycles. The summed E-state index contributed by atoms with van der Waals surface area (Å²) >= 11 is 0. The Labute approximate surface area is 120 Å². The number of nitrogens with zero attached hydrogens (tertiary/aromatic N) is 2.